The number of hydrogen-bond donors (Lipinski definition) is 2. The van der Waals surface area contributed by atoms with Gasteiger partial charge in [-0.15, -0.1) is 10.2 Å². The van der Waals surface area contributed by atoms with Gasteiger partial charge < -0.3 is 20.1 Å². The van der Waals surface area contributed by atoms with Gasteiger partial charge in [-0.2, -0.15) is 5.26 Å². The molecule has 2 aromatic carbocycles. The van der Waals surface area contributed by atoms with Crippen LogP contribution in [0.1, 0.15) is 24.5 Å². The summed E-state index contributed by atoms with van der Waals surface area (Å²) in [5.41, 5.74) is 1.53. The van der Waals surface area contributed by atoms with Gasteiger partial charge in [0.1, 0.15) is 5.75 Å². The highest BCUT2D eigenvalue weighted by Gasteiger charge is 2.26. The first-order chi connectivity index (χ1) is 15.0. The number of piperidine rings is 1. The zero-order valence-electron chi connectivity index (χ0n) is 17.5. The Morgan fingerprint density at radius 1 is 1.26 bits per heavy atom. The molecule has 160 valence electrons. The van der Waals surface area contributed by atoms with Gasteiger partial charge in [0.05, 0.1) is 29.9 Å². The van der Waals surface area contributed by atoms with Gasteiger partial charge in [-0.25, -0.2) is 0 Å². The predicted molar refractivity (Wildman–Crippen MR) is 122 cm³/mol. The molecule has 1 saturated heterocycles. The number of ether oxygens (including phenoxy) is 1. The number of rotatable bonds is 5. The van der Waals surface area contributed by atoms with Gasteiger partial charge >= 0.3 is 0 Å². The van der Waals surface area contributed by atoms with E-state index in [1.54, 1.807) is 13.2 Å². The third-order valence-electron chi connectivity index (χ3n) is 5.73. The largest absolute Gasteiger partial charge is 0.495 e. The quantitative estimate of drug-likeness (QED) is 0.623. The maximum absolute atomic E-state index is 10.1. The highest BCUT2D eigenvalue weighted by atomic mass is 35.5. The third kappa shape index (κ3) is 4.36. The van der Waals surface area contributed by atoms with E-state index in [1.807, 2.05) is 37.3 Å². The van der Waals surface area contributed by atoms with Crippen LogP contribution in [0.4, 0.5) is 11.6 Å². The standard InChI is InChI=1S/C23H24ClN5O2/c1-14-13-29(8-7-20(14)30)23-17-5-3-15(11-25)9-18(17)22(27-28-23)26-12-16-4-6-21(31-2)19(24)10-16/h3-6,9-10,14,20,30H,7-8,12-13H2,1-2H3,(H,26,27). The average Bonchev–Trinajstić information content (AvgIpc) is 2.79. The van der Waals surface area contributed by atoms with E-state index in [0.717, 1.165) is 22.2 Å². The Kier molecular flexibility index (Phi) is 6.12. The van der Waals surface area contributed by atoms with E-state index in [1.165, 1.54) is 0 Å². The number of nitriles is 1. The van der Waals surface area contributed by atoms with Crippen LogP contribution in [-0.2, 0) is 6.54 Å². The molecule has 1 aliphatic rings. The normalized spacial score (nSPS) is 18.6. The molecule has 1 fully saturated rings. The number of hydrogen-bond acceptors (Lipinski definition) is 7. The lowest BCUT2D eigenvalue weighted by atomic mass is 9.96. The molecular weight excluding hydrogens is 414 g/mol. The fourth-order valence-electron chi connectivity index (χ4n) is 3.91. The van der Waals surface area contributed by atoms with Crippen molar-refractivity contribution in [2.75, 3.05) is 30.4 Å². The van der Waals surface area contributed by atoms with E-state index in [9.17, 15) is 10.4 Å². The van der Waals surface area contributed by atoms with Crippen molar-refractivity contribution in [1.82, 2.24) is 10.2 Å². The Labute approximate surface area is 186 Å². The molecule has 3 aromatic rings. The summed E-state index contributed by atoms with van der Waals surface area (Å²) in [7, 11) is 1.58. The molecule has 4 rings (SSSR count). The summed E-state index contributed by atoms with van der Waals surface area (Å²) in [5, 5.41) is 34.0. The highest BCUT2D eigenvalue weighted by Crippen LogP contribution is 2.32. The summed E-state index contributed by atoms with van der Waals surface area (Å²) >= 11 is 6.23. The lowest BCUT2D eigenvalue weighted by Crippen LogP contribution is -2.42. The number of aromatic nitrogens is 2. The van der Waals surface area contributed by atoms with Gasteiger partial charge in [-0.1, -0.05) is 24.6 Å². The number of fused-ring (bicyclic) bond motifs is 1. The first-order valence-electron chi connectivity index (χ1n) is 10.2. The Hall–Kier alpha value is -3.08. The van der Waals surface area contributed by atoms with Gasteiger partial charge in [-0.3, -0.25) is 0 Å². The third-order valence-corrected chi connectivity index (χ3v) is 6.02. The molecular formula is C23H24ClN5O2. The van der Waals surface area contributed by atoms with Crippen LogP contribution in [0.15, 0.2) is 36.4 Å². The zero-order chi connectivity index (χ0) is 22.0. The monoisotopic (exact) mass is 437 g/mol. The summed E-state index contributed by atoms with van der Waals surface area (Å²) in [5.74, 6) is 2.16. The maximum atomic E-state index is 10.1. The summed E-state index contributed by atoms with van der Waals surface area (Å²) in [6, 6.07) is 13.3. The number of benzene rings is 2. The number of aliphatic hydroxyl groups excluding tert-OH is 1. The maximum Gasteiger partial charge on any atom is 0.159 e. The van der Waals surface area contributed by atoms with Crippen molar-refractivity contribution in [1.29, 1.82) is 5.26 Å². The number of methoxy groups -OCH3 is 1. The number of halogens is 1. The minimum absolute atomic E-state index is 0.154. The topological polar surface area (TPSA) is 94.3 Å². The molecule has 0 aliphatic carbocycles. The average molecular weight is 438 g/mol. The molecule has 2 unspecified atom stereocenters. The second-order valence-electron chi connectivity index (χ2n) is 7.85. The predicted octanol–water partition coefficient (Wildman–Crippen LogP) is 3.98. The minimum atomic E-state index is -0.294. The molecule has 8 heteroatoms. The lowest BCUT2D eigenvalue weighted by molar-refractivity contribution is 0.0969. The number of nitrogens with zero attached hydrogens (tertiary/aromatic N) is 4. The summed E-state index contributed by atoms with van der Waals surface area (Å²) in [6.07, 6.45) is 0.400. The first-order valence-corrected chi connectivity index (χ1v) is 10.6. The van der Waals surface area contributed by atoms with Gasteiger partial charge in [-0.05, 0) is 48.2 Å². The van der Waals surface area contributed by atoms with Crippen molar-refractivity contribution in [3.05, 3.63) is 52.5 Å². The van der Waals surface area contributed by atoms with Gasteiger partial charge in [0, 0.05) is 30.4 Å². The van der Waals surface area contributed by atoms with E-state index in [2.05, 4.69) is 26.5 Å². The van der Waals surface area contributed by atoms with Gasteiger partial charge in [0.15, 0.2) is 11.6 Å². The molecule has 2 atom stereocenters. The van der Waals surface area contributed by atoms with Crippen LogP contribution in [0.25, 0.3) is 10.8 Å². The molecule has 0 spiro atoms. The second-order valence-corrected chi connectivity index (χ2v) is 8.25. The van der Waals surface area contributed by atoms with Crippen LogP contribution in [0.2, 0.25) is 5.02 Å². The molecule has 1 aromatic heterocycles. The molecule has 31 heavy (non-hydrogen) atoms. The van der Waals surface area contributed by atoms with Crippen LogP contribution >= 0.6 is 11.6 Å². The van der Waals surface area contributed by atoms with Crippen LogP contribution in [0.5, 0.6) is 5.75 Å². The van der Waals surface area contributed by atoms with Crippen molar-refractivity contribution in [3.63, 3.8) is 0 Å². The Morgan fingerprint density at radius 3 is 2.81 bits per heavy atom. The van der Waals surface area contributed by atoms with E-state index < -0.39 is 0 Å². The zero-order valence-corrected chi connectivity index (χ0v) is 18.2. The van der Waals surface area contributed by atoms with E-state index in [0.29, 0.717) is 48.2 Å². The second kappa shape index (κ2) is 8.96. The van der Waals surface area contributed by atoms with Crippen molar-refractivity contribution in [3.8, 4) is 11.8 Å². The first kappa shape index (κ1) is 21.2. The van der Waals surface area contributed by atoms with Gasteiger partial charge in [0.25, 0.3) is 0 Å². The Balaban J connectivity index is 1.66. The van der Waals surface area contributed by atoms with Crippen molar-refractivity contribution < 1.29 is 9.84 Å². The van der Waals surface area contributed by atoms with E-state index in [-0.39, 0.29) is 12.0 Å². The molecule has 0 saturated carbocycles. The molecule has 0 bridgehead atoms. The molecule has 1 aliphatic heterocycles. The summed E-state index contributed by atoms with van der Waals surface area (Å²) in [6.45, 7) is 3.96. The van der Waals surface area contributed by atoms with E-state index in [4.69, 9.17) is 16.3 Å². The number of aliphatic hydroxyl groups is 1. The van der Waals surface area contributed by atoms with Crippen LogP contribution in [0, 0.1) is 17.2 Å². The van der Waals surface area contributed by atoms with Crippen LogP contribution in [-0.4, -0.2) is 41.6 Å². The molecule has 7 nitrogen and oxygen atoms in total. The Bertz CT molecular complexity index is 1150. The van der Waals surface area contributed by atoms with Crippen LogP contribution < -0.4 is 15.0 Å². The molecule has 0 amide bonds. The molecule has 2 heterocycles. The summed E-state index contributed by atoms with van der Waals surface area (Å²) < 4.78 is 5.21. The van der Waals surface area contributed by atoms with Crippen molar-refractivity contribution >= 4 is 34.0 Å². The SMILES string of the molecule is COc1ccc(CNc2nnc(N3CCC(O)C(C)C3)c3ccc(C#N)cc23)cc1Cl. The smallest absolute Gasteiger partial charge is 0.159 e. The number of nitrogens with one attached hydrogen (secondary N) is 1. The lowest BCUT2D eigenvalue weighted by Gasteiger charge is -2.35. The van der Waals surface area contributed by atoms with Crippen molar-refractivity contribution in [2.24, 2.45) is 5.92 Å². The molecule has 2 N–H and O–H groups in total. The van der Waals surface area contributed by atoms with E-state index >= 15 is 0 Å². The highest BCUT2D eigenvalue weighted by molar-refractivity contribution is 6.32. The Morgan fingerprint density at radius 2 is 2.10 bits per heavy atom. The fourth-order valence-corrected chi connectivity index (χ4v) is 4.19. The fraction of sp³-hybridized carbons (Fsp3) is 0.348. The van der Waals surface area contributed by atoms with Crippen molar-refractivity contribution in [2.45, 2.75) is 26.0 Å². The van der Waals surface area contributed by atoms with Crippen LogP contribution in [0.3, 0.4) is 0 Å². The molecule has 0 radical (unpaired) electrons. The van der Waals surface area contributed by atoms with Gasteiger partial charge in [0.2, 0.25) is 0 Å². The summed E-state index contributed by atoms with van der Waals surface area (Å²) in [4.78, 5) is 2.16. The minimum Gasteiger partial charge on any atom is -0.495 e. The number of anilines is 2.